The highest BCUT2D eigenvalue weighted by Crippen LogP contribution is 2.30. The molecule has 0 bridgehead atoms. The molecule has 1 aliphatic carbocycles. The van der Waals surface area contributed by atoms with Crippen LogP contribution in [0.5, 0.6) is 0 Å². The summed E-state index contributed by atoms with van der Waals surface area (Å²) in [7, 11) is 0. The van der Waals surface area contributed by atoms with Gasteiger partial charge in [-0.15, -0.1) is 0 Å². The first-order chi connectivity index (χ1) is 9.06. The van der Waals surface area contributed by atoms with Gasteiger partial charge in [0.05, 0.1) is 6.54 Å². The van der Waals surface area contributed by atoms with Crippen LogP contribution in [-0.4, -0.2) is 18.5 Å². The summed E-state index contributed by atoms with van der Waals surface area (Å²) in [5.41, 5.74) is 2.03. The van der Waals surface area contributed by atoms with Gasteiger partial charge in [0, 0.05) is 11.7 Å². The third-order valence-corrected chi connectivity index (χ3v) is 4.29. The van der Waals surface area contributed by atoms with Gasteiger partial charge in [-0.2, -0.15) is 0 Å². The Morgan fingerprint density at radius 2 is 2.11 bits per heavy atom. The Morgan fingerprint density at radius 3 is 2.74 bits per heavy atom. The summed E-state index contributed by atoms with van der Waals surface area (Å²) in [4.78, 5) is 11.9. The smallest absolute Gasteiger partial charge is 0.238 e. The van der Waals surface area contributed by atoms with Crippen LogP contribution in [0.1, 0.15) is 32.3 Å². The first kappa shape index (κ1) is 14.1. The van der Waals surface area contributed by atoms with Gasteiger partial charge in [-0.1, -0.05) is 26.0 Å². The van der Waals surface area contributed by atoms with Gasteiger partial charge in [0.1, 0.15) is 0 Å². The SMILES string of the molecule is Cc1cccc(NC(=O)CNC2CCC(C)C2C)c1. The molecule has 1 aromatic carbocycles. The van der Waals surface area contributed by atoms with Crippen LogP contribution in [0.3, 0.4) is 0 Å². The van der Waals surface area contributed by atoms with Gasteiger partial charge in [-0.25, -0.2) is 0 Å². The Morgan fingerprint density at radius 1 is 1.32 bits per heavy atom. The molecule has 3 nitrogen and oxygen atoms in total. The van der Waals surface area contributed by atoms with Crippen molar-refractivity contribution in [3.05, 3.63) is 29.8 Å². The largest absolute Gasteiger partial charge is 0.325 e. The molecule has 0 spiro atoms. The lowest BCUT2D eigenvalue weighted by atomic mass is 9.98. The van der Waals surface area contributed by atoms with E-state index in [1.165, 1.54) is 12.8 Å². The van der Waals surface area contributed by atoms with Gasteiger partial charge in [0.2, 0.25) is 5.91 Å². The summed E-state index contributed by atoms with van der Waals surface area (Å²) >= 11 is 0. The summed E-state index contributed by atoms with van der Waals surface area (Å²) in [6, 6.07) is 8.37. The summed E-state index contributed by atoms with van der Waals surface area (Å²) in [5.74, 6) is 1.46. The Bertz CT molecular complexity index is 444. The number of anilines is 1. The van der Waals surface area contributed by atoms with Crippen LogP contribution in [0, 0.1) is 18.8 Å². The molecular weight excluding hydrogens is 236 g/mol. The highest BCUT2D eigenvalue weighted by atomic mass is 16.1. The third-order valence-electron chi connectivity index (χ3n) is 4.29. The average Bonchev–Trinajstić information content (AvgIpc) is 2.68. The first-order valence-corrected chi connectivity index (χ1v) is 7.16. The molecule has 0 aliphatic heterocycles. The minimum absolute atomic E-state index is 0.0392. The van der Waals surface area contributed by atoms with E-state index in [0.717, 1.165) is 17.2 Å². The van der Waals surface area contributed by atoms with Crippen molar-refractivity contribution in [3.63, 3.8) is 0 Å². The minimum atomic E-state index is 0.0392. The average molecular weight is 260 g/mol. The van der Waals surface area contributed by atoms with Gasteiger partial charge in [0.25, 0.3) is 0 Å². The lowest BCUT2D eigenvalue weighted by molar-refractivity contribution is -0.115. The lowest BCUT2D eigenvalue weighted by Crippen LogP contribution is -2.38. The number of nitrogens with one attached hydrogen (secondary N) is 2. The van der Waals surface area contributed by atoms with E-state index < -0.39 is 0 Å². The highest BCUT2D eigenvalue weighted by molar-refractivity contribution is 5.92. The molecular formula is C16H24N2O. The van der Waals surface area contributed by atoms with Crippen LogP contribution in [0.25, 0.3) is 0 Å². The molecule has 3 unspecified atom stereocenters. The van der Waals surface area contributed by atoms with Crippen molar-refractivity contribution < 1.29 is 4.79 Å². The number of carbonyl (C=O) groups is 1. The van der Waals surface area contributed by atoms with Crippen LogP contribution in [0.2, 0.25) is 0 Å². The molecule has 1 aliphatic rings. The number of hydrogen-bond donors (Lipinski definition) is 2. The number of aryl methyl sites for hydroxylation is 1. The van der Waals surface area contributed by atoms with Gasteiger partial charge in [-0.3, -0.25) is 4.79 Å². The third kappa shape index (κ3) is 3.80. The zero-order valence-corrected chi connectivity index (χ0v) is 12.1. The molecule has 0 radical (unpaired) electrons. The van der Waals surface area contributed by atoms with Crippen molar-refractivity contribution in [2.75, 3.05) is 11.9 Å². The number of carbonyl (C=O) groups excluding carboxylic acids is 1. The fraction of sp³-hybridized carbons (Fsp3) is 0.562. The number of benzene rings is 1. The second-order valence-corrected chi connectivity index (χ2v) is 5.82. The number of amides is 1. The van der Waals surface area contributed by atoms with Crippen LogP contribution in [0.15, 0.2) is 24.3 Å². The van der Waals surface area contributed by atoms with E-state index in [2.05, 4.69) is 24.5 Å². The summed E-state index contributed by atoms with van der Waals surface area (Å²) in [6.45, 7) is 6.98. The zero-order chi connectivity index (χ0) is 13.8. The van der Waals surface area contributed by atoms with Crippen LogP contribution >= 0.6 is 0 Å². The van der Waals surface area contributed by atoms with Crippen molar-refractivity contribution >= 4 is 11.6 Å². The Labute approximate surface area is 115 Å². The Hall–Kier alpha value is -1.35. The van der Waals surface area contributed by atoms with Crippen molar-refractivity contribution in [1.29, 1.82) is 0 Å². The maximum atomic E-state index is 11.9. The van der Waals surface area contributed by atoms with Crippen LogP contribution < -0.4 is 10.6 Å². The molecule has 1 saturated carbocycles. The monoisotopic (exact) mass is 260 g/mol. The van der Waals surface area contributed by atoms with E-state index >= 15 is 0 Å². The summed E-state index contributed by atoms with van der Waals surface area (Å²) < 4.78 is 0. The van der Waals surface area contributed by atoms with Crippen LogP contribution in [-0.2, 0) is 4.79 Å². The minimum Gasteiger partial charge on any atom is -0.325 e. The van der Waals surface area contributed by atoms with Crippen molar-refractivity contribution in [2.24, 2.45) is 11.8 Å². The fourth-order valence-corrected chi connectivity index (χ4v) is 2.80. The van der Waals surface area contributed by atoms with E-state index in [9.17, 15) is 4.79 Å². The van der Waals surface area contributed by atoms with E-state index in [-0.39, 0.29) is 5.91 Å². The molecule has 3 heteroatoms. The lowest BCUT2D eigenvalue weighted by Gasteiger charge is -2.19. The topological polar surface area (TPSA) is 41.1 Å². The van der Waals surface area contributed by atoms with Crippen molar-refractivity contribution in [1.82, 2.24) is 5.32 Å². The summed E-state index contributed by atoms with van der Waals surface area (Å²) in [5, 5.41) is 6.32. The standard InChI is InChI=1S/C16H24N2O/c1-11-5-4-6-14(9-11)18-16(19)10-17-15-8-7-12(2)13(15)3/h4-6,9,12-13,15,17H,7-8,10H2,1-3H3,(H,18,19). The number of hydrogen-bond acceptors (Lipinski definition) is 2. The molecule has 0 saturated heterocycles. The van der Waals surface area contributed by atoms with Crippen LogP contribution in [0.4, 0.5) is 5.69 Å². The normalized spacial score (nSPS) is 26.4. The summed E-state index contributed by atoms with van der Waals surface area (Å²) in [6.07, 6.45) is 2.44. The fourth-order valence-electron chi connectivity index (χ4n) is 2.80. The zero-order valence-electron chi connectivity index (χ0n) is 12.1. The molecule has 0 heterocycles. The molecule has 19 heavy (non-hydrogen) atoms. The Kier molecular flexibility index (Phi) is 4.59. The second kappa shape index (κ2) is 6.20. The predicted molar refractivity (Wildman–Crippen MR) is 79.2 cm³/mol. The molecule has 1 aromatic rings. The molecule has 0 aromatic heterocycles. The molecule has 1 amide bonds. The predicted octanol–water partition coefficient (Wildman–Crippen LogP) is 2.96. The molecule has 2 N–H and O–H groups in total. The second-order valence-electron chi connectivity index (χ2n) is 5.82. The van der Waals surface area contributed by atoms with E-state index in [1.54, 1.807) is 0 Å². The molecule has 3 atom stereocenters. The quantitative estimate of drug-likeness (QED) is 0.874. The molecule has 104 valence electrons. The maximum Gasteiger partial charge on any atom is 0.238 e. The molecule has 1 fully saturated rings. The van der Waals surface area contributed by atoms with Crippen molar-refractivity contribution in [2.45, 2.75) is 39.7 Å². The van der Waals surface area contributed by atoms with Gasteiger partial charge < -0.3 is 10.6 Å². The van der Waals surface area contributed by atoms with E-state index in [1.807, 2.05) is 31.2 Å². The highest BCUT2D eigenvalue weighted by Gasteiger charge is 2.29. The van der Waals surface area contributed by atoms with E-state index in [4.69, 9.17) is 0 Å². The first-order valence-electron chi connectivity index (χ1n) is 7.16. The molecule has 2 rings (SSSR count). The van der Waals surface area contributed by atoms with E-state index in [0.29, 0.717) is 18.5 Å². The Balaban J connectivity index is 1.79. The van der Waals surface area contributed by atoms with Gasteiger partial charge in [0.15, 0.2) is 0 Å². The number of rotatable bonds is 4. The van der Waals surface area contributed by atoms with Gasteiger partial charge in [-0.05, 0) is 49.3 Å². The maximum absolute atomic E-state index is 11.9. The van der Waals surface area contributed by atoms with Gasteiger partial charge >= 0.3 is 0 Å². The van der Waals surface area contributed by atoms with Crippen molar-refractivity contribution in [3.8, 4) is 0 Å².